The van der Waals surface area contributed by atoms with Crippen LogP contribution in [0.3, 0.4) is 0 Å². The monoisotopic (exact) mass is 442 g/mol. The van der Waals surface area contributed by atoms with Crippen LogP contribution in [0.4, 0.5) is 0 Å². The van der Waals surface area contributed by atoms with Gasteiger partial charge in [0.15, 0.2) is 5.13 Å². The number of carbonyl (C=O) groups excluding carboxylic acids is 2. The van der Waals surface area contributed by atoms with Crippen LogP contribution < -0.4 is 5.32 Å². The highest BCUT2D eigenvalue weighted by atomic mass is 32.2. The number of carbonyl (C=O) groups is 2. The number of aromatic nitrogens is 2. The molecule has 4 rings (SSSR count). The summed E-state index contributed by atoms with van der Waals surface area (Å²) in [5, 5.41) is 3.89. The normalized spacial score (nSPS) is 16.4. The predicted octanol–water partition coefficient (Wildman–Crippen LogP) is 3.81. The van der Waals surface area contributed by atoms with Gasteiger partial charge in [-0.3, -0.25) is 9.59 Å². The summed E-state index contributed by atoms with van der Waals surface area (Å²) in [5.41, 5.74) is 1.42. The van der Waals surface area contributed by atoms with Crippen molar-refractivity contribution in [1.29, 1.82) is 0 Å². The van der Waals surface area contributed by atoms with Crippen LogP contribution in [0.1, 0.15) is 30.6 Å². The second-order valence-corrected chi connectivity index (χ2v) is 9.78. The van der Waals surface area contributed by atoms with Gasteiger partial charge in [0.25, 0.3) is 5.91 Å². The molecule has 0 saturated carbocycles. The fraction of sp³-hybridized carbons (Fsp3) is 0.409. The average Bonchev–Trinajstić information content (AvgIpc) is 3.46. The topological polar surface area (TPSA) is 67.2 Å². The van der Waals surface area contributed by atoms with Crippen LogP contribution in [0.2, 0.25) is 0 Å². The number of fused-ring (bicyclic) bond motifs is 1. The first-order chi connectivity index (χ1) is 14.6. The van der Waals surface area contributed by atoms with E-state index in [-0.39, 0.29) is 17.7 Å². The summed E-state index contributed by atoms with van der Waals surface area (Å²) < 4.78 is 2.91. The van der Waals surface area contributed by atoms with Crippen molar-refractivity contribution in [3.8, 4) is 5.13 Å². The Morgan fingerprint density at radius 1 is 1.20 bits per heavy atom. The van der Waals surface area contributed by atoms with Crippen LogP contribution in [0.5, 0.6) is 0 Å². The first-order valence-electron chi connectivity index (χ1n) is 10.3. The lowest BCUT2D eigenvalue weighted by molar-refractivity contribution is -0.134. The quantitative estimate of drug-likeness (QED) is 0.630. The van der Waals surface area contributed by atoms with E-state index >= 15 is 0 Å². The van der Waals surface area contributed by atoms with Gasteiger partial charge in [0.05, 0.1) is 10.2 Å². The average molecular weight is 443 g/mol. The molecule has 8 heteroatoms. The number of benzene rings is 1. The van der Waals surface area contributed by atoms with Crippen molar-refractivity contribution in [2.45, 2.75) is 26.3 Å². The Hall–Kier alpha value is -2.32. The molecule has 6 nitrogen and oxygen atoms in total. The van der Waals surface area contributed by atoms with E-state index in [0.717, 1.165) is 46.4 Å². The van der Waals surface area contributed by atoms with E-state index in [0.29, 0.717) is 5.56 Å². The minimum absolute atomic E-state index is 0.0340. The number of amides is 2. The highest BCUT2D eigenvalue weighted by Crippen LogP contribution is 2.26. The second kappa shape index (κ2) is 9.22. The van der Waals surface area contributed by atoms with Crippen molar-refractivity contribution in [2.75, 3.05) is 24.6 Å². The molecular formula is C22H26N4O2S2. The van der Waals surface area contributed by atoms with Crippen molar-refractivity contribution in [2.24, 2.45) is 5.92 Å². The van der Waals surface area contributed by atoms with Gasteiger partial charge in [0.1, 0.15) is 6.04 Å². The molecule has 1 aliphatic rings. The Morgan fingerprint density at radius 2 is 1.93 bits per heavy atom. The molecule has 158 valence electrons. The fourth-order valence-electron chi connectivity index (χ4n) is 3.51. The highest BCUT2D eigenvalue weighted by Gasteiger charge is 2.31. The summed E-state index contributed by atoms with van der Waals surface area (Å²) in [6.45, 7) is 5.58. The largest absolute Gasteiger partial charge is 0.340 e. The maximum Gasteiger partial charge on any atom is 0.251 e. The molecule has 2 atom stereocenters. The van der Waals surface area contributed by atoms with Crippen molar-refractivity contribution in [3.05, 3.63) is 48.3 Å². The van der Waals surface area contributed by atoms with Gasteiger partial charge in [-0.1, -0.05) is 31.6 Å². The Morgan fingerprint density at radius 3 is 2.63 bits per heavy atom. The van der Waals surface area contributed by atoms with Crippen molar-refractivity contribution in [3.63, 3.8) is 0 Å². The molecule has 2 amide bonds. The molecule has 0 spiro atoms. The molecule has 1 saturated heterocycles. The Kier molecular flexibility index (Phi) is 6.43. The van der Waals surface area contributed by atoms with E-state index in [1.165, 1.54) is 11.3 Å². The minimum Gasteiger partial charge on any atom is -0.340 e. The van der Waals surface area contributed by atoms with Gasteiger partial charge in [-0.05, 0) is 36.2 Å². The second-order valence-electron chi connectivity index (χ2n) is 7.54. The number of rotatable bonds is 6. The van der Waals surface area contributed by atoms with E-state index < -0.39 is 6.04 Å². The molecule has 1 N–H and O–H groups in total. The summed E-state index contributed by atoms with van der Waals surface area (Å²) in [6.07, 6.45) is 4.73. The van der Waals surface area contributed by atoms with Gasteiger partial charge in [-0.25, -0.2) is 4.98 Å². The number of hydrogen-bond acceptors (Lipinski definition) is 5. The van der Waals surface area contributed by atoms with E-state index in [4.69, 9.17) is 0 Å². The number of nitrogens with zero attached hydrogens (tertiary/aromatic N) is 3. The summed E-state index contributed by atoms with van der Waals surface area (Å²) in [7, 11) is 0. The summed E-state index contributed by atoms with van der Waals surface area (Å²) >= 11 is 3.41. The van der Waals surface area contributed by atoms with Gasteiger partial charge < -0.3 is 14.8 Å². The Bertz CT molecular complexity index is 1030. The van der Waals surface area contributed by atoms with Crippen LogP contribution >= 0.6 is 23.1 Å². The zero-order chi connectivity index (χ0) is 21.1. The molecular weight excluding hydrogens is 416 g/mol. The smallest absolute Gasteiger partial charge is 0.251 e. The number of nitrogens with one attached hydrogen (secondary N) is 1. The van der Waals surface area contributed by atoms with Crippen LogP contribution in [0.15, 0.2) is 42.7 Å². The third-order valence-corrected chi connectivity index (χ3v) is 7.53. The molecule has 2 unspecified atom stereocenters. The molecule has 3 aromatic rings. The molecule has 3 heterocycles. The molecule has 2 aromatic heterocycles. The molecule has 1 aliphatic heterocycles. The van der Waals surface area contributed by atoms with Crippen molar-refractivity contribution >= 4 is 45.1 Å². The predicted molar refractivity (Wildman–Crippen MR) is 124 cm³/mol. The maximum atomic E-state index is 13.1. The Balaban J connectivity index is 1.54. The third kappa shape index (κ3) is 4.39. The molecule has 30 heavy (non-hydrogen) atoms. The van der Waals surface area contributed by atoms with Gasteiger partial charge >= 0.3 is 0 Å². The van der Waals surface area contributed by atoms with E-state index in [2.05, 4.69) is 17.2 Å². The number of thiazole rings is 1. The lowest BCUT2D eigenvalue weighted by Crippen LogP contribution is -2.53. The molecule has 0 radical (unpaired) electrons. The van der Waals surface area contributed by atoms with Gasteiger partial charge in [-0.15, -0.1) is 0 Å². The van der Waals surface area contributed by atoms with Gasteiger partial charge in [-0.2, -0.15) is 11.8 Å². The third-order valence-electron chi connectivity index (χ3n) is 5.55. The SMILES string of the molecule is CCC(C)C(NC(=O)c1ccc2nc(-n3cccc3)sc2c1)C(=O)N1CCSCC1. The van der Waals surface area contributed by atoms with Gasteiger partial charge in [0, 0.05) is 42.6 Å². The number of thioether (sulfide) groups is 1. The first kappa shape index (κ1) is 20.9. The highest BCUT2D eigenvalue weighted by molar-refractivity contribution is 7.99. The van der Waals surface area contributed by atoms with E-state index in [1.54, 1.807) is 6.07 Å². The summed E-state index contributed by atoms with van der Waals surface area (Å²) in [5.74, 6) is 1.81. The zero-order valence-electron chi connectivity index (χ0n) is 17.2. The summed E-state index contributed by atoms with van der Waals surface area (Å²) in [6, 6.07) is 8.93. The fourth-order valence-corrected chi connectivity index (χ4v) is 5.39. The van der Waals surface area contributed by atoms with Gasteiger partial charge in [0.2, 0.25) is 5.91 Å². The van der Waals surface area contributed by atoms with Crippen LogP contribution in [-0.4, -0.2) is 56.9 Å². The number of hydrogen-bond donors (Lipinski definition) is 1. The maximum absolute atomic E-state index is 13.1. The van der Waals surface area contributed by atoms with E-state index in [9.17, 15) is 9.59 Å². The lowest BCUT2D eigenvalue weighted by Gasteiger charge is -2.32. The minimum atomic E-state index is -0.502. The lowest BCUT2D eigenvalue weighted by atomic mass is 9.97. The molecule has 0 bridgehead atoms. The van der Waals surface area contributed by atoms with Crippen LogP contribution in [-0.2, 0) is 4.79 Å². The standard InChI is InChI=1S/C22H26N4O2S2/c1-3-15(2)19(21(28)25-10-12-29-13-11-25)24-20(27)16-6-7-17-18(14-16)30-22(23-17)26-8-4-5-9-26/h4-9,14-15,19H,3,10-13H2,1-2H3,(H,24,27). The van der Waals surface area contributed by atoms with Crippen LogP contribution in [0.25, 0.3) is 15.3 Å². The summed E-state index contributed by atoms with van der Waals surface area (Å²) in [4.78, 5) is 32.7. The van der Waals surface area contributed by atoms with E-state index in [1.807, 2.05) is 64.8 Å². The van der Waals surface area contributed by atoms with Crippen LogP contribution in [0, 0.1) is 5.92 Å². The first-order valence-corrected chi connectivity index (χ1v) is 12.2. The Labute approximate surface area is 184 Å². The zero-order valence-corrected chi connectivity index (χ0v) is 18.8. The molecule has 1 fully saturated rings. The van der Waals surface area contributed by atoms with Crippen molar-refractivity contribution < 1.29 is 9.59 Å². The molecule has 1 aromatic carbocycles. The van der Waals surface area contributed by atoms with Crippen molar-refractivity contribution in [1.82, 2.24) is 19.8 Å². The molecule has 0 aliphatic carbocycles.